The van der Waals surface area contributed by atoms with E-state index in [1.807, 2.05) is 38.1 Å². The number of benzene rings is 1. The monoisotopic (exact) mass is 334 g/mol. The summed E-state index contributed by atoms with van der Waals surface area (Å²) in [4.78, 5) is 16.6. The second kappa shape index (κ2) is 7.04. The van der Waals surface area contributed by atoms with Crippen molar-refractivity contribution in [1.29, 1.82) is 0 Å². The first-order valence-corrected chi connectivity index (χ1v) is 7.79. The molecule has 1 aromatic carbocycles. The molecule has 0 aliphatic heterocycles. The minimum atomic E-state index is -0.237. The van der Waals surface area contributed by atoms with Crippen LogP contribution in [0.25, 0.3) is 0 Å². The normalized spacial score (nSPS) is 11.0. The molecule has 1 amide bonds. The fourth-order valence-electron chi connectivity index (χ4n) is 2.30. The first-order valence-electron chi connectivity index (χ1n) is 7.79. The molecule has 0 spiro atoms. The number of azo groups is 1. The summed E-state index contributed by atoms with van der Waals surface area (Å²) in [5.74, 6) is 0.249. The van der Waals surface area contributed by atoms with Crippen LogP contribution in [0.3, 0.4) is 0 Å². The maximum Gasteiger partial charge on any atom is 0.273 e. The second-order valence-electron chi connectivity index (χ2n) is 5.58. The molecule has 0 radical (unpaired) electrons. The van der Waals surface area contributed by atoms with E-state index in [0.717, 1.165) is 11.3 Å². The standard InChI is InChI=1S/C18H18N6O/c1-12-6-4-5-7-14(12)22-23-17-9-8-15(13(2)20-17)21-18(25)16-10-11-19-24(16)3/h4-11H,1-3H3,(H,21,25). The van der Waals surface area contributed by atoms with Crippen LogP contribution >= 0.6 is 0 Å². The third-order valence-corrected chi connectivity index (χ3v) is 3.75. The molecule has 0 saturated carbocycles. The van der Waals surface area contributed by atoms with E-state index in [1.165, 1.54) is 4.68 Å². The molecule has 0 bridgehead atoms. The van der Waals surface area contributed by atoms with Gasteiger partial charge in [0.15, 0.2) is 5.82 Å². The van der Waals surface area contributed by atoms with Gasteiger partial charge < -0.3 is 5.32 Å². The van der Waals surface area contributed by atoms with Gasteiger partial charge in [-0.05, 0) is 43.7 Å². The molecular formula is C18H18N6O. The molecule has 7 nitrogen and oxygen atoms in total. The number of amides is 1. The smallest absolute Gasteiger partial charge is 0.273 e. The Morgan fingerprint density at radius 2 is 1.88 bits per heavy atom. The summed E-state index contributed by atoms with van der Waals surface area (Å²) in [6.07, 6.45) is 1.58. The first-order chi connectivity index (χ1) is 12.0. The zero-order valence-corrected chi connectivity index (χ0v) is 14.3. The molecule has 3 rings (SSSR count). The molecule has 0 fully saturated rings. The number of carbonyl (C=O) groups is 1. The zero-order chi connectivity index (χ0) is 17.8. The van der Waals surface area contributed by atoms with E-state index in [9.17, 15) is 4.79 Å². The summed E-state index contributed by atoms with van der Waals surface area (Å²) in [6, 6.07) is 12.9. The summed E-state index contributed by atoms with van der Waals surface area (Å²) in [5.41, 5.74) is 3.61. The zero-order valence-electron chi connectivity index (χ0n) is 14.3. The Morgan fingerprint density at radius 3 is 2.56 bits per heavy atom. The Morgan fingerprint density at radius 1 is 1.08 bits per heavy atom. The lowest BCUT2D eigenvalue weighted by Gasteiger charge is -2.08. The second-order valence-corrected chi connectivity index (χ2v) is 5.58. The Bertz CT molecular complexity index is 944. The minimum absolute atomic E-state index is 0.237. The van der Waals surface area contributed by atoms with Crippen LogP contribution in [0.5, 0.6) is 0 Å². The highest BCUT2D eigenvalue weighted by Gasteiger charge is 2.12. The molecule has 25 heavy (non-hydrogen) atoms. The van der Waals surface area contributed by atoms with Gasteiger partial charge in [-0.3, -0.25) is 9.48 Å². The third-order valence-electron chi connectivity index (χ3n) is 3.75. The Kier molecular flexibility index (Phi) is 4.65. The molecule has 3 aromatic rings. The molecule has 126 valence electrons. The van der Waals surface area contributed by atoms with Gasteiger partial charge >= 0.3 is 0 Å². The predicted molar refractivity (Wildman–Crippen MR) is 95.5 cm³/mol. The number of aromatic nitrogens is 3. The first kappa shape index (κ1) is 16.5. The van der Waals surface area contributed by atoms with Gasteiger partial charge in [-0.2, -0.15) is 5.10 Å². The number of aryl methyl sites for hydroxylation is 3. The number of nitrogens with zero attached hydrogens (tertiary/aromatic N) is 5. The maximum atomic E-state index is 12.2. The van der Waals surface area contributed by atoms with Crippen molar-refractivity contribution in [3.05, 3.63) is 65.6 Å². The van der Waals surface area contributed by atoms with E-state index >= 15 is 0 Å². The highest BCUT2D eigenvalue weighted by molar-refractivity contribution is 6.03. The Hall–Kier alpha value is -3.35. The molecule has 2 aromatic heterocycles. The average molecular weight is 334 g/mol. The summed E-state index contributed by atoms with van der Waals surface area (Å²) < 4.78 is 1.52. The van der Waals surface area contributed by atoms with Crippen LogP contribution in [0, 0.1) is 13.8 Å². The van der Waals surface area contributed by atoms with Crippen LogP contribution in [-0.2, 0) is 7.05 Å². The van der Waals surface area contributed by atoms with Gasteiger partial charge in [0.05, 0.1) is 17.1 Å². The third kappa shape index (κ3) is 3.77. The van der Waals surface area contributed by atoms with Crippen LogP contribution in [0.2, 0.25) is 0 Å². The topological polar surface area (TPSA) is 84.5 Å². The lowest BCUT2D eigenvalue weighted by molar-refractivity contribution is 0.101. The van der Waals surface area contributed by atoms with Gasteiger partial charge in [0, 0.05) is 13.2 Å². The number of carbonyl (C=O) groups excluding carboxylic acids is 1. The molecule has 0 unspecified atom stereocenters. The molecule has 0 aliphatic rings. The predicted octanol–water partition coefficient (Wildman–Crippen LogP) is 4.10. The van der Waals surface area contributed by atoms with Gasteiger partial charge in [0.25, 0.3) is 5.91 Å². The molecule has 0 saturated heterocycles. The largest absolute Gasteiger partial charge is 0.319 e. The molecule has 2 heterocycles. The number of rotatable bonds is 4. The van der Waals surface area contributed by atoms with Gasteiger partial charge in [0.2, 0.25) is 0 Å². The van der Waals surface area contributed by atoms with Crippen molar-refractivity contribution in [3.63, 3.8) is 0 Å². The number of hydrogen-bond acceptors (Lipinski definition) is 5. The Balaban J connectivity index is 1.76. The van der Waals surface area contributed by atoms with Crippen molar-refractivity contribution < 1.29 is 4.79 Å². The van der Waals surface area contributed by atoms with Crippen LogP contribution in [0.15, 0.2) is 58.9 Å². The van der Waals surface area contributed by atoms with Gasteiger partial charge in [0.1, 0.15) is 5.69 Å². The van der Waals surface area contributed by atoms with E-state index < -0.39 is 0 Å². The van der Waals surface area contributed by atoms with Crippen LogP contribution in [0.4, 0.5) is 17.2 Å². The molecule has 1 N–H and O–H groups in total. The number of nitrogens with one attached hydrogen (secondary N) is 1. The summed E-state index contributed by atoms with van der Waals surface area (Å²) in [5, 5.41) is 15.2. The average Bonchev–Trinajstić information content (AvgIpc) is 3.02. The van der Waals surface area contributed by atoms with Gasteiger partial charge in [-0.15, -0.1) is 10.2 Å². The van der Waals surface area contributed by atoms with Crippen molar-refractivity contribution in [2.75, 3.05) is 5.32 Å². The van der Waals surface area contributed by atoms with E-state index in [1.54, 1.807) is 31.4 Å². The maximum absolute atomic E-state index is 12.2. The number of pyridine rings is 1. The quantitative estimate of drug-likeness (QED) is 0.729. The molecule has 0 atom stereocenters. The fourth-order valence-corrected chi connectivity index (χ4v) is 2.30. The van der Waals surface area contributed by atoms with Crippen molar-refractivity contribution in [2.45, 2.75) is 13.8 Å². The minimum Gasteiger partial charge on any atom is -0.319 e. The van der Waals surface area contributed by atoms with E-state index in [-0.39, 0.29) is 5.91 Å². The molecule has 0 aliphatic carbocycles. The SMILES string of the molecule is Cc1ccccc1N=Nc1ccc(NC(=O)c2ccnn2C)c(C)n1. The summed E-state index contributed by atoms with van der Waals surface area (Å²) >= 11 is 0. The summed E-state index contributed by atoms with van der Waals surface area (Å²) in [7, 11) is 1.72. The van der Waals surface area contributed by atoms with Crippen LogP contribution in [-0.4, -0.2) is 20.7 Å². The van der Waals surface area contributed by atoms with Crippen molar-refractivity contribution in [3.8, 4) is 0 Å². The lowest BCUT2D eigenvalue weighted by atomic mass is 10.2. The van der Waals surface area contributed by atoms with Crippen LogP contribution < -0.4 is 5.32 Å². The lowest BCUT2D eigenvalue weighted by Crippen LogP contribution is -2.16. The molecular weight excluding hydrogens is 316 g/mol. The number of anilines is 1. The van der Waals surface area contributed by atoms with Crippen LogP contribution in [0.1, 0.15) is 21.7 Å². The highest BCUT2D eigenvalue weighted by atomic mass is 16.2. The van der Waals surface area contributed by atoms with E-state index in [0.29, 0.717) is 22.9 Å². The van der Waals surface area contributed by atoms with Gasteiger partial charge in [-0.25, -0.2) is 4.98 Å². The Labute approximate surface area is 145 Å². The van der Waals surface area contributed by atoms with E-state index in [2.05, 4.69) is 25.6 Å². The number of hydrogen-bond donors (Lipinski definition) is 1. The van der Waals surface area contributed by atoms with Crippen molar-refractivity contribution in [1.82, 2.24) is 14.8 Å². The van der Waals surface area contributed by atoms with Crippen molar-refractivity contribution in [2.24, 2.45) is 17.3 Å². The fraction of sp³-hybridized carbons (Fsp3) is 0.167. The summed E-state index contributed by atoms with van der Waals surface area (Å²) in [6.45, 7) is 3.79. The molecule has 7 heteroatoms. The van der Waals surface area contributed by atoms with Gasteiger partial charge in [-0.1, -0.05) is 18.2 Å². The highest BCUT2D eigenvalue weighted by Crippen LogP contribution is 2.22. The van der Waals surface area contributed by atoms with E-state index in [4.69, 9.17) is 0 Å². The van der Waals surface area contributed by atoms with Crippen molar-refractivity contribution >= 4 is 23.1 Å².